The zero-order valence-electron chi connectivity index (χ0n) is 3.96. The summed E-state index contributed by atoms with van der Waals surface area (Å²) in [6.45, 7) is 0. The van der Waals surface area contributed by atoms with Crippen molar-refractivity contribution in [2.45, 2.75) is 0 Å². The fourth-order valence-corrected chi connectivity index (χ4v) is 0.999. The summed E-state index contributed by atoms with van der Waals surface area (Å²) in [4.78, 5) is 0. The summed E-state index contributed by atoms with van der Waals surface area (Å²) in [6, 6.07) is 10.5. The topological polar surface area (TPSA) is 0 Å². The van der Waals surface area contributed by atoms with E-state index in [9.17, 15) is 0 Å². The molecular weight excluding hydrogens is 161 g/mol. The third-order valence-corrected chi connectivity index (χ3v) is 1.75. The van der Waals surface area contributed by atoms with E-state index >= 15 is 0 Å². The van der Waals surface area contributed by atoms with Crippen LogP contribution in [0.3, 0.4) is 0 Å². The van der Waals surface area contributed by atoms with E-state index < -0.39 is 0 Å². The fourth-order valence-electron chi connectivity index (χ4n) is 0.453. The summed E-state index contributed by atoms with van der Waals surface area (Å²) in [7, 11) is 0. The predicted molar refractivity (Wildman–Crippen MR) is 26.1 cm³/mol. The first-order valence-electron chi connectivity index (χ1n) is 2.20. The fraction of sp³-hybridized carbons (Fsp3) is 0. The molecule has 7 heavy (non-hydrogen) atoms. The number of hydrogen-bond donors (Lipinski definition) is 0. The van der Waals surface area contributed by atoms with E-state index in [1.807, 2.05) is 6.07 Å². The van der Waals surface area contributed by atoms with Crippen molar-refractivity contribution in [3.8, 4) is 0 Å². The molecule has 0 heterocycles. The first-order chi connectivity index (χ1) is 3.39. The maximum absolute atomic E-state index is 2.14. The average Bonchev–Trinajstić information content (AvgIpc) is 1.69. The second-order valence-corrected chi connectivity index (χ2v) is 3.05. The summed E-state index contributed by atoms with van der Waals surface area (Å²) < 4.78 is 1.45. The Morgan fingerprint density at radius 2 is 1.57 bits per heavy atom. The SMILES string of the molecule is [Y][c]1ccccc1. The first-order valence-corrected chi connectivity index (χ1v) is 3.62. The van der Waals surface area contributed by atoms with Gasteiger partial charge in [0.1, 0.15) is 0 Å². The van der Waals surface area contributed by atoms with Crippen LogP contribution in [-0.4, -0.2) is 0 Å². The summed E-state index contributed by atoms with van der Waals surface area (Å²) in [5.41, 5.74) is 0. The molecule has 0 atom stereocenters. The minimum atomic E-state index is 1.23. The summed E-state index contributed by atoms with van der Waals surface area (Å²) in [5, 5.41) is 0. The molecule has 0 aliphatic carbocycles. The molecule has 0 nitrogen and oxygen atoms in total. The Balaban J connectivity index is 3.02. The van der Waals surface area contributed by atoms with E-state index in [4.69, 9.17) is 0 Å². The first kappa shape index (κ1) is 5.46. The molecule has 0 aliphatic heterocycles. The van der Waals surface area contributed by atoms with Gasteiger partial charge in [-0.2, -0.15) is 0 Å². The Labute approximate surface area is 63.4 Å². The molecular formula is C6H5Y. The maximum atomic E-state index is 2.14. The van der Waals surface area contributed by atoms with Crippen LogP contribution < -0.4 is 2.37 Å². The molecule has 0 fully saturated rings. The Kier molecular flexibility index (Phi) is 2.02. The van der Waals surface area contributed by atoms with Gasteiger partial charge in [-0.1, -0.05) is 0 Å². The van der Waals surface area contributed by atoms with E-state index in [2.05, 4.69) is 24.3 Å². The molecule has 32 valence electrons. The van der Waals surface area contributed by atoms with Crippen LogP contribution >= 0.6 is 0 Å². The van der Waals surface area contributed by atoms with Gasteiger partial charge in [-0.3, -0.25) is 0 Å². The van der Waals surface area contributed by atoms with Crippen LogP contribution in [0.5, 0.6) is 0 Å². The van der Waals surface area contributed by atoms with Crippen molar-refractivity contribution in [2.75, 3.05) is 0 Å². The van der Waals surface area contributed by atoms with Gasteiger partial charge in [0.15, 0.2) is 0 Å². The van der Waals surface area contributed by atoms with Gasteiger partial charge in [-0.25, -0.2) is 0 Å². The van der Waals surface area contributed by atoms with E-state index in [-0.39, 0.29) is 0 Å². The average molecular weight is 166 g/mol. The van der Waals surface area contributed by atoms with Gasteiger partial charge in [0.05, 0.1) is 0 Å². The molecule has 1 heteroatoms. The molecule has 1 aromatic rings. The van der Waals surface area contributed by atoms with Gasteiger partial charge in [0.2, 0.25) is 0 Å². The van der Waals surface area contributed by atoms with E-state index in [1.165, 1.54) is 33.3 Å². The van der Waals surface area contributed by atoms with E-state index in [0.717, 1.165) is 0 Å². The molecule has 0 spiro atoms. The third-order valence-electron chi connectivity index (χ3n) is 0.800. The normalized spacial score (nSPS) is 8.43. The van der Waals surface area contributed by atoms with Gasteiger partial charge in [-0.15, -0.1) is 0 Å². The standard InChI is InChI=1S/C6H5.Y/c1-2-4-6-5-3-1;/h1-5H;. The molecule has 0 amide bonds. The van der Waals surface area contributed by atoms with Gasteiger partial charge in [0.25, 0.3) is 0 Å². The molecule has 0 aliphatic rings. The summed E-state index contributed by atoms with van der Waals surface area (Å²) >= 11 is 1.23. The number of benzene rings is 1. The van der Waals surface area contributed by atoms with Crippen LogP contribution in [0.1, 0.15) is 0 Å². The van der Waals surface area contributed by atoms with Crippen molar-refractivity contribution in [2.24, 2.45) is 0 Å². The van der Waals surface area contributed by atoms with Crippen molar-refractivity contribution in [3.05, 3.63) is 30.3 Å². The van der Waals surface area contributed by atoms with Crippen LogP contribution in [0.2, 0.25) is 0 Å². The predicted octanol–water partition coefficient (Wildman–Crippen LogP) is 0.859. The van der Waals surface area contributed by atoms with E-state index in [1.54, 1.807) is 0 Å². The van der Waals surface area contributed by atoms with Gasteiger partial charge < -0.3 is 0 Å². The molecule has 0 bridgehead atoms. The Bertz CT molecular complexity index is 134. The Morgan fingerprint density at radius 1 is 1.00 bits per heavy atom. The van der Waals surface area contributed by atoms with Crippen molar-refractivity contribution >= 4 is 2.37 Å². The van der Waals surface area contributed by atoms with Gasteiger partial charge in [-0.05, 0) is 0 Å². The van der Waals surface area contributed by atoms with Gasteiger partial charge in [0, 0.05) is 0 Å². The quantitative estimate of drug-likeness (QED) is 0.536. The Hall–Kier alpha value is 0.324. The van der Waals surface area contributed by atoms with Crippen molar-refractivity contribution in [3.63, 3.8) is 0 Å². The second kappa shape index (κ2) is 2.59. The van der Waals surface area contributed by atoms with Crippen molar-refractivity contribution in [1.29, 1.82) is 0 Å². The zero-order chi connectivity index (χ0) is 5.11. The third kappa shape index (κ3) is 1.71. The zero-order valence-corrected chi connectivity index (χ0v) is 6.80. The van der Waals surface area contributed by atoms with Crippen LogP contribution in [0.4, 0.5) is 0 Å². The van der Waals surface area contributed by atoms with Gasteiger partial charge >= 0.3 is 63.7 Å². The number of rotatable bonds is 0. The molecule has 1 aromatic carbocycles. The molecule has 0 N–H and O–H groups in total. The molecule has 0 saturated heterocycles. The second-order valence-electron chi connectivity index (χ2n) is 1.41. The van der Waals surface area contributed by atoms with Crippen LogP contribution in [-0.2, 0) is 31.0 Å². The number of hydrogen-bond acceptors (Lipinski definition) is 0. The van der Waals surface area contributed by atoms with Crippen LogP contribution in [0.25, 0.3) is 0 Å². The van der Waals surface area contributed by atoms with Crippen LogP contribution in [0.15, 0.2) is 30.3 Å². The monoisotopic (exact) mass is 166 g/mol. The molecule has 0 saturated carbocycles. The van der Waals surface area contributed by atoms with Crippen LogP contribution in [0, 0.1) is 0 Å². The molecule has 1 rings (SSSR count). The molecule has 0 radical (unpaired) electrons. The molecule has 0 unspecified atom stereocenters. The summed E-state index contributed by atoms with van der Waals surface area (Å²) in [5.74, 6) is 0. The van der Waals surface area contributed by atoms with Crippen molar-refractivity contribution < 1.29 is 31.0 Å². The van der Waals surface area contributed by atoms with Crippen molar-refractivity contribution in [1.82, 2.24) is 0 Å². The Morgan fingerprint density at radius 3 is 1.86 bits per heavy atom. The molecule has 0 aromatic heterocycles. The minimum absolute atomic E-state index is 1.23. The van der Waals surface area contributed by atoms with E-state index in [0.29, 0.717) is 0 Å². The summed E-state index contributed by atoms with van der Waals surface area (Å²) in [6.07, 6.45) is 0.